The SMILES string of the molecule is COc1ccc(NC(=O)CN2C(=O)/C(=C3/SC(=S)N(Cc4ccccc4)C3=O)c3ccccc32)cc1. The van der Waals surface area contributed by atoms with E-state index in [9.17, 15) is 14.4 Å². The molecule has 2 aliphatic heterocycles. The molecule has 1 fully saturated rings. The Balaban J connectivity index is 1.41. The summed E-state index contributed by atoms with van der Waals surface area (Å²) in [6.07, 6.45) is 0. The maximum absolute atomic E-state index is 13.6. The summed E-state index contributed by atoms with van der Waals surface area (Å²) in [5, 5.41) is 2.80. The van der Waals surface area contributed by atoms with E-state index in [4.69, 9.17) is 17.0 Å². The van der Waals surface area contributed by atoms with Crippen LogP contribution in [0.2, 0.25) is 0 Å². The zero-order valence-corrected chi connectivity index (χ0v) is 20.9. The normalized spacial score (nSPS) is 17.0. The highest BCUT2D eigenvalue weighted by molar-refractivity contribution is 8.26. The van der Waals surface area contributed by atoms with Gasteiger partial charge >= 0.3 is 0 Å². The zero-order chi connectivity index (χ0) is 25.2. The van der Waals surface area contributed by atoms with Crippen molar-refractivity contribution < 1.29 is 19.1 Å². The Bertz CT molecular complexity index is 1400. The number of thioether (sulfide) groups is 1. The number of carbonyl (C=O) groups is 3. The minimum Gasteiger partial charge on any atom is -0.497 e. The summed E-state index contributed by atoms with van der Waals surface area (Å²) in [5.74, 6) is -0.398. The maximum atomic E-state index is 13.6. The van der Waals surface area contributed by atoms with Crippen molar-refractivity contribution in [1.29, 1.82) is 0 Å². The number of para-hydroxylation sites is 1. The van der Waals surface area contributed by atoms with Crippen LogP contribution in [0.25, 0.3) is 5.57 Å². The first kappa shape index (κ1) is 23.8. The van der Waals surface area contributed by atoms with E-state index in [0.29, 0.717) is 33.6 Å². The number of methoxy groups -OCH3 is 1. The molecule has 0 atom stereocenters. The van der Waals surface area contributed by atoms with Crippen LogP contribution in [-0.2, 0) is 20.9 Å². The highest BCUT2D eigenvalue weighted by Crippen LogP contribution is 2.44. The molecule has 3 aromatic rings. The number of nitrogens with one attached hydrogen (secondary N) is 1. The Kier molecular flexibility index (Phi) is 6.58. The largest absolute Gasteiger partial charge is 0.497 e. The third-order valence-electron chi connectivity index (χ3n) is 5.86. The number of nitrogens with zero attached hydrogens (tertiary/aromatic N) is 2. The first-order valence-corrected chi connectivity index (χ1v) is 12.4. The molecule has 0 unspecified atom stereocenters. The number of hydrogen-bond donors (Lipinski definition) is 1. The molecule has 2 aliphatic rings. The molecule has 36 heavy (non-hydrogen) atoms. The molecule has 2 heterocycles. The van der Waals surface area contributed by atoms with Gasteiger partial charge in [-0.1, -0.05) is 72.5 Å². The monoisotopic (exact) mass is 515 g/mol. The fourth-order valence-electron chi connectivity index (χ4n) is 4.13. The van der Waals surface area contributed by atoms with Crippen LogP contribution < -0.4 is 15.0 Å². The van der Waals surface area contributed by atoms with Gasteiger partial charge in [0.05, 0.1) is 29.8 Å². The molecule has 1 saturated heterocycles. The number of fused-ring (bicyclic) bond motifs is 1. The quantitative estimate of drug-likeness (QED) is 0.386. The van der Waals surface area contributed by atoms with Crippen LogP contribution >= 0.6 is 24.0 Å². The van der Waals surface area contributed by atoms with Gasteiger partial charge in [0.25, 0.3) is 11.8 Å². The summed E-state index contributed by atoms with van der Waals surface area (Å²) in [7, 11) is 1.57. The second kappa shape index (κ2) is 9.96. The van der Waals surface area contributed by atoms with E-state index < -0.39 is 5.91 Å². The predicted molar refractivity (Wildman–Crippen MR) is 145 cm³/mol. The van der Waals surface area contributed by atoms with Gasteiger partial charge in [0.1, 0.15) is 16.6 Å². The van der Waals surface area contributed by atoms with Crippen molar-refractivity contribution in [3.8, 4) is 5.75 Å². The van der Waals surface area contributed by atoms with E-state index in [0.717, 1.165) is 17.3 Å². The summed E-state index contributed by atoms with van der Waals surface area (Å²) in [6.45, 7) is 0.127. The molecule has 3 amide bonds. The molecule has 0 bridgehead atoms. The third-order valence-corrected chi connectivity index (χ3v) is 7.31. The number of ether oxygens (including phenoxy) is 1. The summed E-state index contributed by atoms with van der Waals surface area (Å²) in [5.41, 5.74) is 2.99. The summed E-state index contributed by atoms with van der Waals surface area (Å²) >= 11 is 6.61. The minimum atomic E-state index is -0.402. The number of thiocarbonyl (C=S) groups is 1. The molecule has 1 N–H and O–H groups in total. The summed E-state index contributed by atoms with van der Waals surface area (Å²) in [4.78, 5) is 43.0. The highest BCUT2D eigenvalue weighted by Gasteiger charge is 2.42. The standard InChI is InChI=1S/C27H21N3O4S2/c1-34-19-13-11-18(12-14-19)28-22(31)16-29-21-10-6-5-9-20(21)23(25(29)32)24-26(33)30(27(35)36-24)15-17-7-3-2-4-8-17/h2-14H,15-16H2,1H3,(H,28,31)/b24-23+. The molecular formula is C27H21N3O4S2. The Morgan fingerprint density at radius 2 is 1.61 bits per heavy atom. The van der Waals surface area contributed by atoms with E-state index in [1.54, 1.807) is 55.6 Å². The molecule has 180 valence electrons. The number of amides is 3. The lowest BCUT2D eigenvalue weighted by Crippen LogP contribution is -2.35. The lowest BCUT2D eigenvalue weighted by Gasteiger charge is -2.17. The number of rotatable bonds is 6. The minimum absolute atomic E-state index is 0.199. The Morgan fingerprint density at radius 3 is 2.33 bits per heavy atom. The van der Waals surface area contributed by atoms with Crippen LogP contribution in [0, 0.1) is 0 Å². The van der Waals surface area contributed by atoms with Crippen molar-refractivity contribution >= 4 is 63.0 Å². The van der Waals surface area contributed by atoms with Crippen LogP contribution in [0.4, 0.5) is 11.4 Å². The molecule has 7 nitrogen and oxygen atoms in total. The average Bonchev–Trinajstić information content (AvgIpc) is 3.32. The van der Waals surface area contributed by atoms with Gasteiger partial charge in [-0.25, -0.2) is 0 Å². The van der Waals surface area contributed by atoms with Crippen molar-refractivity contribution in [2.24, 2.45) is 0 Å². The van der Waals surface area contributed by atoms with Gasteiger partial charge in [-0.05, 0) is 35.9 Å². The van der Waals surface area contributed by atoms with Crippen molar-refractivity contribution in [3.05, 3.63) is 94.9 Å². The Morgan fingerprint density at radius 1 is 0.917 bits per heavy atom. The molecule has 9 heteroatoms. The molecule has 0 saturated carbocycles. The second-order valence-corrected chi connectivity index (χ2v) is 9.78. The lowest BCUT2D eigenvalue weighted by molar-refractivity contribution is -0.122. The molecular weight excluding hydrogens is 494 g/mol. The first-order chi connectivity index (χ1) is 17.5. The van der Waals surface area contributed by atoms with E-state index in [2.05, 4.69) is 5.32 Å². The predicted octanol–water partition coefficient (Wildman–Crippen LogP) is 4.45. The van der Waals surface area contributed by atoms with Crippen molar-refractivity contribution in [2.45, 2.75) is 6.54 Å². The zero-order valence-electron chi connectivity index (χ0n) is 19.3. The topological polar surface area (TPSA) is 79.0 Å². The number of anilines is 2. The van der Waals surface area contributed by atoms with Crippen LogP contribution in [0.15, 0.2) is 83.8 Å². The Labute approximate surface area is 217 Å². The smallest absolute Gasteiger partial charge is 0.267 e. The highest BCUT2D eigenvalue weighted by atomic mass is 32.2. The van der Waals surface area contributed by atoms with Crippen LogP contribution in [0.3, 0.4) is 0 Å². The van der Waals surface area contributed by atoms with Gasteiger partial charge in [0, 0.05) is 11.3 Å². The number of benzene rings is 3. The van der Waals surface area contributed by atoms with Gasteiger partial charge in [-0.15, -0.1) is 0 Å². The van der Waals surface area contributed by atoms with Crippen molar-refractivity contribution in [1.82, 2.24) is 4.90 Å². The summed E-state index contributed by atoms with van der Waals surface area (Å²) in [6, 6.07) is 23.6. The molecule has 0 spiro atoms. The number of hydrogen-bond acceptors (Lipinski definition) is 6. The number of carbonyl (C=O) groups excluding carboxylic acids is 3. The second-order valence-electron chi connectivity index (χ2n) is 8.13. The van der Waals surface area contributed by atoms with E-state index in [1.165, 1.54) is 9.80 Å². The summed E-state index contributed by atoms with van der Waals surface area (Å²) < 4.78 is 5.54. The van der Waals surface area contributed by atoms with Crippen LogP contribution in [0.5, 0.6) is 5.75 Å². The molecule has 0 radical (unpaired) electrons. The van der Waals surface area contributed by atoms with E-state index in [-0.39, 0.29) is 28.8 Å². The van der Waals surface area contributed by atoms with Crippen LogP contribution in [0.1, 0.15) is 11.1 Å². The maximum Gasteiger partial charge on any atom is 0.267 e. The van der Waals surface area contributed by atoms with Crippen LogP contribution in [-0.4, -0.2) is 40.6 Å². The fraction of sp³-hybridized carbons (Fsp3) is 0.111. The molecule has 0 aliphatic carbocycles. The molecule has 5 rings (SSSR count). The van der Waals surface area contributed by atoms with E-state index >= 15 is 0 Å². The van der Waals surface area contributed by atoms with E-state index in [1.807, 2.05) is 30.3 Å². The van der Waals surface area contributed by atoms with Gasteiger partial charge in [-0.2, -0.15) is 0 Å². The first-order valence-electron chi connectivity index (χ1n) is 11.1. The van der Waals surface area contributed by atoms with Crippen molar-refractivity contribution in [3.63, 3.8) is 0 Å². The molecule has 3 aromatic carbocycles. The van der Waals surface area contributed by atoms with Gasteiger partial charge < -0.3 is 10.1 Å². The Hall–Kier alpha value is -3.95. The lowest BCUT2D eigenvalue weighted by atomic mass is 10.1. The van der Waals surface area contributed by atoms with Gasteiger partial charge in [0.15, 0.2) is 0 Å². The van der Waals surface area contributed by atoms with Gasteiger partial charge in [-0.3, -0.25) is 24.2 Å². The van der Waals surface area contributed by atoms with Gasteiger partial charge in [0.2, 0.25) is 5.91 Å². The third kappa shape index (κ3) is 4.50. The fourth-order valence-corrected chi connectivity index (χ4v) is 5.45. The van der Waals surface area contributed by atoms with Crippen molar-refractivity contribution in [2.75, 3.05) is 23.9 Å². The molecule has 0 aromatic heterocycles. The average molecular weight is 516 g/mol.